The molecule has 1 aliphatic heterocycles. The lowest BCUT2D eigenvalue weighted by atomic mass is 9.84. The van der Waals surface area contributed by atoms with Crippen molar-refractivity contribution in [3.8, 4) is 0 Å². The summed E-state index contributed by atoms with van der Waals surface area (Å²) in [4.78, 5) is 11.8. The van der Waals surface area contributed by atoms with Gasteiger partial charge in [-0.2, -0.15) is 0 Å². The van der Waals surface area contributed by atoms with E-state index in [4.69, 9.17) is 4.74 Å². The molecular weight excluding hydrogens is 230 g/mol. The summed E-state index contributed by atoms with van der Waals surface area (Å²) in [7, 11) is 0. The summed E-state index contributed by atoms with van der Waals surface area (Å²) in [5, 5.41) is 12.8. The fourth-order valence-electron chi connectivity index (χ4n) is 2.51. The fraction of sp³-hybridized carbons (Fsp3) is 0.929. The highest BCUT2D eigenvalue weighted by molar-refractivity contribution is 5.76. The molecule has 0 aromatic carbocycles. The van der Waals surface area contributed by atoms with Crippen molar-refractivity contribution >= 4 is 5.91 Å². The first-order chi connectivity index (χ1) is 8.20. The largest absolute Gasteiger partial charge is 0.386 e. The van der Waals surface area contributed by atoms with Gasteiger partial charge in [0.15, 0.2) is 0 Å². The van der Waals surface area contributed by atoms with E-state index in [-0.39, 0.29) is 11.3 Å². The monoisotopic (exact) mass is 257 g/mol. The number of ether oxygens (including phenoxy) is 1. The van der Waals surface area contributed by atoms with Crippen molar-refractivity contribution in [1.82, 2.24) is 5.32 Å². The second-order valence-electron chi connectivity index (χ2n) is 6.88. The van der Waals surface area contributed by atoms with Crippen LogP contribution < -0.4 is 5.32 Å². The molecule has 1 fully saturated rings. The fourth-order valence-corrected chi connectivity index (χ4v) is 2.51. The van der Waals surface area contributed by atoms with Crippen molar-refractivity contribution in [3.63, 3.8) is 0 Å². The van der Waals surface area contributed by atoms with Crippen molar-refractivity contribution in [3.05, 3.63) is 0 Å². The molecular formula is C14H27NO3. The van der Waals surface area contributed by atoms with Crippen LogP contribution in [-0.2, 0) is 9.53 Å². The lowest BCUT2D eigenvalue weighted by molar-refractivity contribution is -0.123. The van der Waals surface area contributed by atoms with E-state index in [0.29, 0.717) is 38.5 Å². The molecule has 0 aliphatic carbocycles. The molecule has 0 radical (unpaired) electrons. The van der Waals surface area contributed by atoms with Crippen molar-refractivity contribution in [2.45, 2.75) is 52.6 Å². The zero-order chi connectivity index (χ0) is 13.8. The Labute approximate surface area is 110 Å². The molecule has 2 atom stereocenters. The van der Waals surface area contributed by atoms with E-state index in [0.717, 1.165) is 6.42 Å². The number of aliphatic hydroxyl groups is 1. The Morgan fingerprint density at radius 3 is 2.67 bits per heavy atom. The predicted molar refractivity (Wildman–Crippen MR) is 71.2 cm³/mol. The van der Waals surface area contributed by atoms with Crippen LogP contribution in [0.1, 0.15) is 47.0 Å². The molecule has 0 aromatic heterocycles. The summed E-state index contributed by atoms with van der Waals surface area (Å²) in [6.45, 7) is 9.84. The minimum Gasteiger partial charge on any atom is -0.386 e. The van der Waals surface area contributed by atoms with Gasteiger partial charge in [-0.15, -0.1) is 0 Å². The first kappa shape index (κ1) is 15.4. The minimum atomic E-state index is -0.858. The first-order valence-electron chi connectivity index (χ1n) is 6.77. The van der Waals surface area contributed by atoms with Gasteiger partial charge in [-0.3, -0.25) is 4.79 Å². The third kappa shape index (κ3) is 5.83. The molecule has 1 saturated heterocycles. The van der Waals surface area contributed by atoms with Gasteiger partial charge in [0.25, 0.3) is 0 Å². The highest BCUT2D eigenvalue weighted by Crippen LogP contribution is 2.25. The molecule has 1 heterocycles. The van der Waals surface area contributed by atoms with E-state index in [9.17, 15) is 9.90 Å². The van der Waals surface area contributed by atoms with Crippen LogP contribution in [0.2, 0.25) is 0 Å². The Balaban J connectivity index is 2.25. The summed E-state index contributed by atoms with van der Waals surface area (Å²) in [6, 6.07) is 0. The second-order valence-corrected chi connectivity index (χ2v) is 6.88. The topological polar surface area (TPSA) is 58.6 Å². The maximum Gasteiger partial charge on any atom is 0.220 e. The van der Waals surface area contributed by atoms with Crippen LogP contribution in [0.4, 0.5) is 0 Å². The number of hydrogen-bond acceptors (Lipinski definition) is 3. The van der Waals surface area contributed by atoms with Crippen molar-refractivity contribution < 1.29 is 14.6 Å². The summed E-state index contributed by atoms with van der Waals surface area (Å²) in [5.41, 5.74) is -0.611. The van der Waals surface area contributed by atoms with Crippen LogP contribution in [-0.4, -0.2) is 36.4 Å². The Morgan fingerprint density at radius 2 is 2.17 bits per heavy atom. The average molecular weight is 257 g/mol. The molecule has 2 N–H and O–H groups in total. The highest BCUT2D eigenvalue weighted by atomic mass is 16.5. The molecule has 0 spiro atoms. The standard InChI is InChI=1S/C14H27NO3/c1-11(8-13(2,3)4)7-12(16)15-9-14(17)5-6-18-10-14/h11,17H,5-10H2,1-4H3,(H,15,16). The maximum absolute atomic E-state index is 11.8. The van der Waals surface area contributed by atoms with Gasteiger partial charge in [0, 0.05) is 26.0 Å². The van der Waals surface area contributed by atoms with E-state index in [1.165, 1.54) is 0 Å². The van der Waals surface area contributed by atoms with E-state index in [1.54, 1.807) is 0 Å². The van der Waals surface area contributed by atoms with E-state index < -0.39 is 5.60 Å². The number of carbonyl (C=O) groups excluding carboxylic acids is 1. The third-order valence-corrected chi connectivity index (χ3v) is 3.19. The van der Waals surface area contributed by atoms with Crippen LogP contribution in [0.5, 0.6) is 0 Å². The molecule has 0 aromatic rings. The third-order valence-electron chi connectivity index (χ3n) is 3.19. The van der Waals surface area contributed by atoms with Crippen LogP contribution in [0.15, 0.2) is 0 Å². The van der Waals surface area contributed by atoms with E-state index >= 15 is 0 Å². The normalized spacial score (nSPS) is 26.1. The average Bonchev–Trinajstić information content (AvgIpc) is 2.60. The van der Waals surface area contributed by atoms with Crippen molar-refractivity contribution in [1.29, 1.82) is 0 Å². The van der Waals surface area contributed by atoms with Gasteiger partial charge in [-0.1, -0.05) is 27.7 Å². The van der Waals surface area contributed by atoms with Crippen molar-refractivity contribution in [2.24, 2.45) is 11.3 Å². The van der Waals surface area contributed by atoms with Crippen molar-refractivity contribution in [2.75, 3.05) is 19.8 Å². The molecule has 4 heteroatoms. The smallest absolute Gasteiger partial charge is 0.220 e. The summed E-state index contributed by atoms with van der Waals surface area (Å²) in [6.07, 6.45) is 2.15. The Morgan fingerprint density at radius 1 is 1.50 bits per heavy atom. The quantitative estimate of drug-likeness (QED) is 0.788. The number of nitrogens with one attached hydrogen (secondary N) is 1. The number of rotatable bonds is 5. The lowest BCUT2D eigenvalue weighted by Gasteiger charge is -2.24. The van der Waals surface area contributed by atoms with Gasteiger partial charge in [0.2, 0.25) is 5.91 Å². The van der Waals surface area contributed by atoms with Crippen LogP contribution in [0, 0.1) is 11.3 Å². The van der Waals surface area contributed by atoms with E-state index in [1.807, 2.05) is 0 Å². The predicted octanol–water partition coefficient (Wildman–Crippen LogP) is 1.72. The molecule has 1 amide bonds. The summed E-state index contributed by atoms with van der Waals surface area (Å²) in [5.74, 6) is 0.381. The number of hydrogen-bond donors (Lipinski definition) is 2. The number of amides is 1. The molecule has 1 aliphatic rings. The zero-order valence-corrected chi connectivity index (χ0v) is 12.1. The van der Waals surface area contributed by atoms with Gasteiger partial charge in [-0.25, -0.2) is 0 Å². The summed E-state index contributed by atoms with van der Waals surface area (Å²) >= 11 is 0. The molecule has 0 bridgehead atoms. The van der Waals surface area contributed by atoms with Gasteiger partial charge < -0.3 is 15.2 Å². The van der Waals surface area contributed by atoms with Gasteiger partial charge in [-0.05, 0) is 17.8 Å². The molecule has 1 rings (SSSR count). The molecule has 2 unspecified atom stereocenters. The summed E-state index contributed by atoms with van der Waals surface area (Å²) < 4.78 is 5.14. The van der Waals surface area contributed by atoms with Crippen LogP contribution in [0.3, 0.4) is 0 Å². The Bertz CT molecular complexity index is 277. The van der Waals surface area contributed by atoms with Gasteiger partial charge in [0.05, 0.1) is 6.61 Å². The van der Waals surface area contributed by atoms with Gasteiger partial charge in [0.1, 0.15) is 5.60 Å². The molecule has 106 valence electrons. The van der Waals surface area contributed by atoms with Crippen LogP contribution in [0.25, 0.3) is 0 Å². The van der Waals surface area contributed by atoms with E-state index in [2.05, 4.69) is 33.0 Å². The molecule has 18 heavy (non-hydrogen) atoms. The Hall–Kier alpha value is -0.610. The SMILES string of the molecule is CC(CC(=O)NCC1(O)CCOC1)CC(C)(C)C. The molecule has 4 nitrogen and oxygen atoms in total. The number of carbonyl (C=O) groups is 1. The maximum atomic E-state index is 11.8. The zero-order valence-electron chi connectivity index (χ0n) is 12.1. The Kier molecular flexibility index (Phi) is 5.17. The second kappa shape index (κ2) is 6.02. The lowest BCUT2D eigenvalue weighted by Crippen LogP contribution is -2.43. The first-order valence-corrected chi connectivity index (χ1v) is 6.77. The van der Waals surface area contributed by atoms with Crippen LogP contribution >= 0.6 is 0 Å². The minimum absolute atomic E-state index is 0.0204. The highest BCUT2D eigenvalue weighted by Gasteiger charge is 2.32. The van der Waals surface area contributed by atoms with Gasteiger partial charge >= 0.3 is 0 Å². The molecule has 0 saturated carbocycles.